The Morgan fingerprint density at radius 2 is 1.52 bits per heavy atom. The predicted octanol–water partition coefficient (Wildman–Crippen LogP) is 5.29. The van der Waals surface area contributed by atoms with E-state index in [4.69, 9.17) is 21.7 Å². The van der Waals surface area contributed by atoms with Gasteiger partial charge >= 0.3 is 0 Å². The number of anilines is 1. The molecule has 4 nitrogen and oxygen atoms in total. The number of benzene rings is 3. The van der Waals surface area contributed by atoms with Gasteiger partial charge in [-0.1, -0.05) is 54.6 Å². The van der Waals surface area contributed by atoms with Crippen molar-refractivity contribution in [3.05, 3.63) is 95.6 Å². The van der Waals surface area contributed by atoms with Crippen LogP contribution in [-0.2, 0) is 24.5 Å². The van der Waals surface area contributed by atoms with Gasteiger partial charge in [0.2, 0.25) is 0 Å². The van der Waals surface area contributed by atoms with Crippen molar-refractivity contribution in [1.29, 1.82) is 0 Å². The summed E-state index contributed by atoms with van der Waals surface area (Å²) in [6.45, 7) is 4.41. The molecule has 0 radical (unpaired) electrons. The van der Waals surface area contributed by atoms with Crippen LogP contribution in [0.15, 0.2) is 78.9 Å². The third-order valence-corrected chi connectivity index (χ3v) is 4.60. The molecular formula is C24H26N2O2S. The Hall–Kier alpha value is -2.89. The maximum atomic E-state index is 5.89. The van der Waals surface area contributed by atoms with E-state index in [0.29, 0.717) is 31.5 Å². The van der Waals surface area contributed by atoms with E-state index in [0.717, 1.165) is 22.6 Å². The summed E-state index contributed by atoms with van der Waals surface area (Å²) in [7, 11) is 0. The maximum Gasteiger partial charge on any atom is 0.171 e. The number of ether oxygens (including phenoxy) is 2. The smallest absolute Gasteiger partial charge is 0.171 e. The summed E-state index contributed by atoms with van der Waals surface area (Å²) in [5.41, 5.74) is 4.41. The van der Waals surface area contributed by atoms with Gasteiger partial charge in [-0.2, -0.15) is 0 Å². The molecule has 29 heavy (non-hydrogen) atoms. The van der Waals surface area contributed by atoms with Gasteiger partial charge in [0.15, 0.2) is 5.11 Å². The van der Waals surface area contributed by atoms with Crippen LogP contribution in [-0.4, -0.2) is 11.7 Å². The molecule has 0 unspecified atom stereocenters. The second-order valence-corrected chi connectivity index (χ2v) is 6.92. The van der Waals surface area contributed by atoms with Crippen molar-refractivity contribution in [2.75, 3.05) is 11.9 Å². The quantitative estimate of drug-likeness (QED) is 0.473. The van der Waals surface area contributed by atoms with E-state index in [1.54, 1.807) is 0 Å². The molecule has 0 aliphatic heterocycles. The van der Waals surface area contributed by atoms with Gasteiger partial charge in [-0.25, -0.2) is 0 Å². The van der Waals surface area contributed by atoms with Crippen LogP contribution in [0.2, 0.25) is 0 Å². The summed E-state index contributed by atoms with van der Waals surface area (Å²) in [5, 5.41) is 7.05. The molecule has 0 saturated heterocycles. The molecule has 0 saturated carbocycles. The highest BCUT2D eigenvalue weighted by atomic mass is 32.1. The predicted molar refractivity (Wildman–Crippen MR) is 122 cm³/mol. The SMILES string of the molecule is CCOc1ccc(NC(=S)NCc2ccccc2COCc2ccccc2)cc1. The minimum Gasteiger partial charge on any atom is -0.494 e. The Labute approximate surface area is 177 Å². The Kier molecular flexibility index (Phi) is 8.04. The third kappa shape index (κ3) is 6.89. The van der Waals surface area contributed by atoms with Crippen LogP contribution >= 0.6 is 12.2 Å². The fourth-order valence-corrected chi connectivity index (χ4v) is 3.07. The van der Waals surface area contributed by atoms with E-state index in [-0.39, 0.29) is 0 Å². The van der Waals surface area contributed by atoms with Crippen molar-refractivity contribution >= 4 is 23.0 Å². The second-order valence-electron chi connectivity index (χ2n) is 6.51. The van der Waals surface area contributed by atoms with Gasteiger partial charge in [0, 0.05) is 12.2 Å². The average Bonchev–Trinajstić information content (AvgIpc) is 2.75. The topological polar surface area (TPSA) is 42.5 Å². The minimum absolute atomic E-state index is 0.561. The van der Waals surface area contributed by atoms with Crippen molar-refractivity contribution in [3.8, 4) is 5.75 Å². The maximum absolute atomic E-state index is 5.89. The molecule has 3 rings (SSSR count). The van der Waals surface area contributed by atoms with Crippen molar-refractivity contribution in [2.45, 2.75) is 26.7 Å². The van der Waals surface area contributed by atoms with E-state index in [1.807, 2.05) is 61.5 Å². The molecule has 2 N–H and O–H groups in total. The van der Waals surface area contributed by atoms with E-state index < -0.39 is 0 Å². The van der Waals surface area contributed by atoms with Gasteiger partial charge in [0.05, 0.1) is 19.8 Å². The molecular weight excluding hydrogens is 380 g/mol. The Morgan fingerprint density at radius 1 is 0.828 bits per heavy atom. The van der Waals surface area contributed by atoms with E-state index in [2.05, 4.69) is 34.9 Å². The van der Waals surface area contributed by atoms with Crippen LogP contribution < -0.4 is 15.4 Å². The first-order valence-electron chi connectivity index (χ1n) is 9.70. The molecule has 0 spiro atoms. The van der Waals surface area contributed by atoms with Crippen molar-refractivity contribution < 1.29 is 9.47 Å². The zero-order chi connectivity index (χ0) is 20.3. The molecule has 0 atom stereocenters. The van der Waals surface area contributed by atoms with Crippen LogP contribution in [0.1, 0.15) is 23.6 Å². The second kappa shape index (κ2) is 11.2. The number of thiocarbonyl (C=S) groups is 1. The molecule has 0 bridgehead atoms. The first-order chi connectivity index (χ1) is 14.2. The molecule has 0 heterocycles. The molecule has 0 amide bonds. The van der Waals surface area contributed by atoms with Gasteiger partial charge in [-0.05, 0) is 60.1 Å². The number of rotatable bonds is 9. The highest BCUT2D eigenvalue weighted by Crippen LogP contribution is 2.16. The number of hydrogen-bond acceptors (Lipinski definition) is 3. The van der Waals surface area contributed by atoms with E-state index in [1.165, 1.54) is 5.56 Å². The van der Waals surface area contributed by atoms with Crippen LogP contribution in [0.25, 0.3) is 0 Å². The average molecular weight is 407 g/mol. The zero-order valence-electron chi connectivity index (χ0n) is 16.6. The van der Waals surface area contributed by atoms with Crippen LogP contribution in [0.5, 0.6) is 5.75 Å². The van der Waals surface area contributed by atoms with Gasteiger partial charge in [-0.3, -0.25) is 0 Å². The lowest BCUT2D eigenvalue weighted by Gasteiger charge is -2.14. The summed E-state index contributed by atoms with van der Waals surface area (Å²) < 4.78 is 11.3. The lowest BCUT2D eigenvalue weighted by molar-refractivity contribution is 0.106. The summed E-state index contributed by atoms with van der Waals surface area (Å²) >= 11 is 5.43. The summed E-state index contributed by atoms with van der Waals surface area (Å²) in [6, 6.07) is 26.2. The van der Waals surface area contributed by atoms with Gasteiger partial charge in [0.1, 0.15) is 5.75 Å². The Bertz CT molecular complexity index is 898. The monoisotopic (exact) mass is 406 g/mol. The Balaban J connectivity index is 1.49. The molecule has 0 aromatic heterocycles. The van der Waals surface area contributed by atoms with Crippen molar-refractivity contribution in [2.24, 2.45) is 0 Å². The summed E-state index contributed by atoms with van der Waals surface area (Å²) in [6.07, 6.45) is 0. The van der Waals surface area contributed by atoms with Gasteiger partial charge in [-0.15, -0.1) is 0 Å². The molecule has 5 heteroatoms. The van der Waals surface area contributed by atoms with Crippen LogP contribution in [0.3, 0.4) is 0 Å². The number of hydrogen-bond donors (Lipinski definition) is 2. The summed E-state index contributed by atoms with van der Waals surface area (Å²) in [5.74, 6) is 0.848. The lowest BCUT2D eigenvalue weighted by Crippen LogP contribution is -2.28. The summed E-state index contributed by atoms with van der Waals surface area (Å²) in [4.78, 5) is 0. The Morgan fingerprint density at radius 3 is 2.24 bits per heavy atom. The number of nitrogens with one attached hydrogen (secondary N) is 2. The normalized spacial score (nSPS) is 10.4. The van der Waals surface area contributed by atoms with E-state index >= 15 is 0 Å². The van der Waals surface area contributed by atoms with Crippen molar-refractivity contribution in [3.63, 3.8) is 0 Å². The van der Waals surface area contributed by atoms with E-state index in [9.17, 15) is 0 Å². The van der Waals surface area contributed by atoms with Gasteiger partial charge in [0.25, 0.3) is 0 Å². The minimum atomic E-state index is 0.561. The largest absolute Gasteiger partial charge is 0.494 e. The standard InChI is InChI=1S/C24H26N2O2S/c1-2-28-23-14-12-22(13-15-23)26-24(29)25-16-20-10-6-7-11-21(20)18-27-17-19-8-4-3-5-9-19/h3-15H,2,16-18H2,1H3,(H2,25,26,29). The molecule has 3 aromatic rings. The molecule has 3 aromatic carbocycles. The van der Waals surface area contributed by atoms with Crippen LogP contribution in [0, 0.1) is 0 Å². The molecule has 0 fully saturated rings. The fourth-order valence-electron chi connectivity index (χ4n) is 2.88. The molecule has 0 aliphatic rings. The first-order valence-corrected chi connectivity index (χ1v) is 10.1. The fraction of sp³-hybridized carbons (Fsp3) is 0.208. The highest BCUT2D eigenvalue weighted by Gasteiger charge is 2.04. The van der Waals surface area contributed by atoms with Crippen molar-refractivity contribution in [1.82, 2.24) is 5.32 Å². The van der Waals surface area contributed by atoms with Gasteiger partial charge < -0.3 is 20.1 Å². The molecule has 0 aliphatic carbocycles. The highest BCUT2D eigenvalue weighted by molar-refractivity contribution is 7.80. The third-order valence-electron chi connectivity index (χ3n) is 4.35. The zero-order valence-corrected chi connectivity index (χ0v) is 17.4. The molecule has 150 valence electrons. The first kappa shape index (κ1) is 20.8. The van der Waals surface area contributed by atoms with Crippen LogP contribution in [0.4, 0.5) is 5.69 Å². The lowest BCUT2D eigenvalue weighted by atomic mass is 10.1.